The fourth-order valence-electron chi connectivity index (χ4n) is 2.87. The number of nitrogens with two attached hydrogens (primary N) is 1. The second-order valence-electron chi connectivity index (χ2n) is 7.60. The largest absolute Gasteiger partial charge is 0.370 e. The molecular formula is C20H32N8. The van der Waals surface area contributed by atoms with Crippen molar-refractivity contribution in [2.45, 2.75) is 25.2 Å². The van der Waals surface area contributed by atoms with E-state index >= 15 is 0 Å². The smallest absolute Gasteiger partial charge is 0.229 e. The number of nitrogens with zero attached hydrogens (tertiary/aromatic N) is 5. The highest BCUT2D eigenvalue weighted by molar-refractivity contribution is 5.58. The van der Waals surface area contributed by atoms with Gasteiger partial charge in [-0.3, -0.25) is 0 Å². The van der Waals surface area contributed by atoms with Gasteiger partial charge in [0.1, 0.15) is 11.6 Å². The van der Waals surface area contributed by atoms with Crippen LogP contribution >= 0.6 is 0 Å². The number of nitrogens with one attached hydrogen (secondary N) is 2. The maximum atomic E-state index is 5.60. The molecule has 0 atom stereocenters. The molecule has 4 N–H and O–H groups in total. The predicted octanol–water partition coefficient (Wildman–Crippen LogP) is 2.25. The molecule has 3 rings (SSSR count). The summed E-state index contributed by atoms with van der Waals surface area (Å²) in [5.41, 5.74) is 7.68. The Balaban J connectivity index is 1.64. The normalized spacial score (nSPS) is 13.6. The number of aromatic nitrogens is 3. The summed E-state index contributed by atoms with van der Waals surface area (Å²) >= 11 is 0. The third-order valence-corrected chi connectivity index (χ3v) is 4.79. The Morgan fingerprint density at radius 2 is 1.93 bits per heavy atom. The first kappa shape index (κ1) is 20.3. The predicted molar refractivity (Wildman–Crippen MR) is 116 cm³/mol. The Hall–Kier alpha value is -2.45. The topological polar surface area (TPSA) is 95.2 Å². The van der Waals surface area contributed by atoms with Gasteiger partial charge in [0.2, 0.25) is 5.95 Å². The number of hydrogen-bond donors (Lipinski definition) is 3. The van der Waals surface area contributed by atoms with Crippen LogP contribution in [0.25, 0.3) is 0 Å². The van der Waals surface area contributed by atoms with Crippen molar-refractivity contribution >= 4 is 23.3 Å². The zero-order valence-electron chi connectivity index (χ0n) is 17.1. The van der Waals surface area contributed by atoms with E-state index in [4.69, 9.17) is 5.73 Å². The molecule has 28 heavy (non-hydrogen) atoms. The van der Waals surface area contributed by atoms with Gasteiger partial charge in [0.05, 0.1) is 11.9 Å². The fourth-order valence-corrected chi connectivity index (χ4v) is 2.87. The first-order valence-corrected chi connectivity index (χ1v) is 9.96. The van der Waals surface area contributed by atoms with Gasteiger partial charge < -0.3 is 26.2 Å². The highest BCUT2D eigenvalue weighted by Gasteiger charge is 2.27. The van der Waals surface area contributed by atoms with E-state index in [9.17, 15) is 0 Å². The maximum absolute atomic E-state index is 5.60. The van der Waals surface area contributed by atoms with Gasteiger partial charge in [-0.1, -0.05) is 0 Å². The molecule has 2 heterocycles. The van der Waals surface area contributed by atoms with Crippen LogP contribution in [0.15, 0.2) is 24.5 Å². The van der Waals surface area contributed by atoms with Crippen LogP contribution in [0.3, 0.4) is 0 Å². The number of pyridine rings is 1. The summed E-state index contributed by atoms with van der Waals surface area (Å²) in [6.45, 7) is 3.40. The van der Waals surface area contributed by atoms with Crippen molar-refractivity contribution in [1.82, 2.24) is 19.9 Å². The molecule has 1 saturated carbocycles. The molecule has 1 aliphatic rings. The Kier molecular flexibility index (Phi) is 7.00. The number of hydrogen-bond acceptors (Lipinski definition) is 8. The summed E-state index contributed by atoms with van der Waals surface area (Å²) in [5, 5.41) is 6.67. The fraction of sp³-hybridized carbons (Fsp3) is 0.550. The Morgan fingerprint density at radius 3 is 2.57 bits per heavy atom. The summed E-state index contributed by atoms with van der Waals surface area (Å²) in [6, 6.07) is 4.02. The van der Waals surface area contributed by atoms with Gasteiger partial charge in [-0.2, -0.15) is 4.98 Å². The molecule has 0 radical (unpaired) electrons. The second-order valence-corrected chi connectivity index (χ2v) is 7.60. The van der Waals surface area contributed by atoms with Crippen LogP contribution in [0.1, 0.15) is 30.7 Å². The number of likely N-dealkylation sites (N-methyl/N-ethyl adjacent to an activating group) is 2. The third-order valence-electron chi connectivity index (χ3n) is 4.79. The zero-order chi connectivity index (χ0) is 19.9. The molecule has 1 fully saturated rings. The molecule has 0 saturated heterocycles. The van der Waals surface area contributed by atoms with E-state index in [2.05, 4.69) is 56.5 Å². The van der Waals surface area contributed by atoms with Crippen molar-refractivity contribution in [3.05, 3.63) is 30.1 Å². The van der Waals surface area contributed by atoms with E-state index in [0.717, 1.165) is 43.4 Å². The standard InChI is InChI=1S/C20H32N8/c1-27(2)11-12-28(3)18-8-7-16(13-23-18)25-20-24-14-17(15-5-6-15)19(26-20)22-10-4-9-21/h7-8,13-15H,4-6,9-12,21H2,1-3H3,(H2,22,24,25,26). The molecule has 8 nitrogen and oxygen atoms in total. The maximum Gasteiger partial charge on any atom is 0.229 e. The lowest BCUT2D eigenvalue weighted by molar-refractivity contribution is 0.416. The van der Waals surface area contributed by atoms with Gasteiger partial charge >= 0.3 is 0 Å². The van der Waals surface area contributed by atoms with Gasteiger partial charge in [0, 0.05) is 38.4 Å². The minimum absolute atomic E-state index is 0.579. The molecular weight excluding hydrogens is 352 g/mol. The number of rotatable bonds is 11. The van der Waals surface area contributed by atoms with Crippen LogP contribution in [0.4, 0.5) is 23.3 Å². The van der Waals surface area contributed by atoms with Crippen LogP contribution in [0, 0.1) is 0 Å². The van der Waals surface area contributed by atoms with Gasteiger partial charge in [0.15, 0.2) is 0 Å². The highest BCUT2D eigenvalue weighted by atomic mass is 15.2. The number of anilines is 4. The minimum Gasteiger partial charge on any atom is -0.370 e. The lowest BCUT2D eigenvalue weighted by Gasteiger charge is -2.20. The summed E-state index contributed by atoms with van der Waals surface area (Å²) in [6.07, 6.45) is 7.11. The molecule has 0 aromatic carbocycles. The molecule has 0 bridgehead atoms. The summed E-state index contributed by atoms with van der Waals surface area (Å²) < 4.78 is 0. The Morgan fingerprint density at radius 1 is 1.11 bits per heavy atom. The van der Waals surface area contributed by atoms with Crippen molar-refractivity contribution in [1.29, 1.82) is 0 Å². The SMILES string of the molecule is CN(C)CCN(C)c1ccc(Nc2ncc(C3CC3)c(NCCCN)n2)cn1. The summed E-state index contributed by atoms with van der Waals surface area (Å²) in [4.78, 5) is 18.0. The molecule has 1 aliphatic carbocycles. The first-order chi connectivity index (χ1) is 13.6. The average Bonchev–Trinajstić information content (AvgIpc) is 3.52. The van der Waals surface area contributed by atoms with Gasteiger partial charge in [-0.25, -0.2) is 9.97 Å². The lowest BCUT2D eigenvalue weighted by Crippen LogP contribution is -2.28. The molecule has 152 valence electrons. The molecule has 8 heteroatoms. The monoisotopic (exact) mass is 384 g/mol. The summed E-state index contributed by atoms with van der Waals surface area (Å²) in [7, 11) is 6.20. The average molecular weight is 385 g/mol. The van der Waals surface area contributed by atoms with Gasteiger partial charge in [-0.05, 0) is 58.0 Å². The van der Waals surface area contributed by atoms with Crippen LogP contribution < -0.4 is 21.3 Å². The minimum atomic E-state index is 0.579. The third kappa shape index (κ3) is 5.77. The zero-order valence-corrected chi connectivity index (χ0v) is 17.1. The molecule has 0 spiro atoms. The summed E-state index contributed by atoms with van der Waals surface area (Å²) in [5.74, 6) is 3.03. The molecule has 2 aromatic rings. The van der Waals surface area contributed by atoms with Gasteiger partial charge in [-0.15, -0.1) is 0 Å². The van der Waals surface area contributed by atoms with E-state index in [-0.39, 0.29) is 0 Å². The van der Waals surface area contributed by atoms with Crippen molar-refractivity contribution in [3.8, 4) is 0 Å². The van der Waals surface area contributed by atoms with Crippen molar-refractivity contribution < 1.29 is 0 Å². The first-order valence-electron chi connectivity index (χ1n) is 9.96. The second kappa shape index (κ2) is 9.66. The van der Waals surface area contributed by atoms with Crippen LogP contribution in [-0.2, 0) is 0 Å². The van der Waals surface area contributed by atoms with Crippen LogP contribution in [0.2, 0.25) is 0 Å². The van der Waals surface area contributed by atoms with Crippen molar-refractivity contribution in [2.24, 2.45) is 5.73 Å². The van der Waals surface area contributed by atoms with Crippen molar-refractivity contribution in [3.63, 3.8) is 0 Å². The molecule has 0 amide bonds. The molecule has 0 aliphatic heterocycles. The van der Waals surface area contributed by atoms with E-state index < -0.39 is 0 Å². The molecule has 0 unspecified atom stereocenters. The van der Waals surface area contributed by atoms with E-state index in [1.165, 1.54) is 18.4 Å². The quantitative estimate of drug-likeness (QED) is 0.508. The Labute approximate surface area is 167 Å². The van der Waals surface area contributed by atoms with E-state index in [1.54, 1.807) is 0 Å². The van der Waals surface area contributed by atoms with Crippen molar-refractivity contribution in [2.75, 3.05) is 62.9 Å². The van der Waals surface area contributed by atoms with Crippen LogP contribution in [-0.4, -0.2) is 67.2 Å². The lowest BCUT2D eigenvalue weighted by atomic mass is 10.2. The van der Waals surface area contributed by atoms with E-state index in [0.29, 0.717) is 18.4 Å². The molecule has 2 aromatic heterocycles. The Bertz CT molecular complexity index is 742. The van der Waals surface area contributed by atoms with Gasteiger partial charge in [0.25, 0.3) is 0 Å². The van der Waals surface area contributed by atoms with Crippen LogP contribution in [0.5, 0.6) is 0 Å². The van der Waals surface area contributed by atoms with E-state index in [1.807, 2.05) is 24.5 Å². The highest BCUT2D eigenvalue weighted by Crippen LogP contribution is 2.42.